The highest BCUT2D eigenvalue weighted by molar-refractivity contribution is 5.94. The summed E-state index contributed by atoms with van der Waals surface area (Å²) in [5.74, 6) is -1.41. The summed E-state index contributed by atoms with van der Waals surface area (Å²) < 4.78 is 4.75. The van der Waals surface area contributed by atoms with Crippen LogP contribution in [0.25, 0.3) is 0 Å². The van der Waals surface area contributed by atoms with E-state index in [1.165, 1.54) is 7.11 Å². The third-order valence-corrected chi connectivity index (χ3v) is 3.02. The molecular formula is C15H21NO4. The second-order valence-corrected chi connectivity index (χ2v) is 5.60. The molecule has 1 atom stereocenters. The van der Waals surface area contributed by atoms with E-state index in [1.807, 2.05) is 12.1 Å². The first-order valence-corrected chi connectivity index (χ1v) is 6.40. The third kappa shape index (κ3) is 4.35. The van der Waals surface area contributed by atoms with Crippen molar-refractivity contribution in [3.05, 3.63) is 35.4 Å². The Balaban J connectivity index is 2.67. The van der Waals surface area contributed by atoms with Crippen LogP contribution in [0.1, 0.15) is 36.7 Å². The van der Waals surface area contributed by atoms with Gasteiger partial charge in [0, 0.05) is 12.7 Å². The molecular weight excluding hydrogens is 258 g/mol. The SMILES string of the molecule is COC(CNC(=O)c1ccc(C(C)(C)C)cc1)C(=O)O. The van der Waals surface area contributed by atoms with Crippen molar-refractivity contribution in [2.75, 3.05) is 13.7 Å². The maximum Gasteiger partial charge on any atom is 0.334 e. The maximum absolute atomic E-state index is 11.9. The van der Waals surface area contributed by atoms with E-state index >= 15 is 0 Å². The molecule has 1 aromatic rings. The van der Waals surface area contributed by atoms with Crippen molar-refractivity contribution in [2.45, 2.75) is 32.3 Å². The monoisotopic (exact) mass is 279 g/mol. The van der Waals surface area contributed by atoms with Gasteiger partial charge in [-0.3, -0.25) is 4.79 Å². The molecule has 0 radical (unpaired) electrons. The van der Waals surface area contributed by atoms with Crippen molar-refractivity contribution in [2.24, 2.45) is 0 Å². The number of amides is 1. The van der Waals surface area contributed by atoms with Gasteiger partial charge in [0.25, 0.3) is 5.91 Å². The second kappa shape index (κ2) is 6.52. The van der Waals surface area contributed by atoms with E-state index < -0.39 is 12.1 Å². The number of ether oxygens (including phenoxy) is 1. The minimum absolute atomic E-state index is 0.0272. The van der Waals surface area contributed by atoms with E-state index in [4.69, 9.17) is 9.84 Å². The number of nitrogens with one attached hydrogen (secondary N) is 1. The Bertz CT molecular complexity index is 474. The van der Waals surface area contributed by atoms with E-state index in [1.54, 1.807) is 12.1 Å². The van der Waals surface area contributed by atoms with Crippen LogP contribution in [0, 0.1) is 0 Å². The number of methoxy groups -OCH3 is 1. The van der Waals surface area contributed by atoms with Gasteiger partial charge in [0.1, 0.15) is 0 Å². The fourth-order valence-electron chi connectivity index (χ4n) is 1.68. The summed E-state index contributed by atoms with van der Waals surface area (Å²) in [6, 6.07) is 7.27. The van der Waals surface area contributed by atoms with Crippen molar-refractivity contribution < 1.29 is 19.4 Å². The number of benzene rings is 1. The Hall–Kier alpha value is -1.88. The Labute approximate surface area is 118 Å². The van der Waals surface area contributed by atoms with Gasteiger partial charge in [-0.2, -0.15) is 0 Å². The summed E-state index contributed by atoms with van der Waals surface area (Å²) >= 11 is 0. The Morgan fingerprint density at radius 1 is 1.25 bits per heavy atom. The summed E-state index contributed by atoms with van der Waals surface area (Å²) in [4.78, 5) is 22.6. The largest absolute Gasteiger partial charge is 0.479 e. The molecule has 1 aromatic carbocycles. The highest BCUT2D eigenvalue weighted by Crippen LogP contribution is 2.22. The van der Waals surface area contributed by atoms with Gasteiger partial charge in [0.15, 0.2) is 6.10 Å². The van der Waals surface area contributed by atoms with E-state index in [0.29, 0.717) is 5.56 Å². The number of carbonyl (C=O) groups excluding carboxylic acids is 1. The molecule has 0 aliphatic heterocycles. The van der Waals surface area contributed by atoms with Crippen LogP contribution >= 0.6 is 0 Å². The first-order valence-electron chi connectivity index (χ1n) is 6.40. The number of carboxylic acid groups (broad SMARTS) is 1. The van der Waals surface area contributed by atoms with Crippen molar-refractivity contribution in [3.8, 4) is 0 Å². The van der Waals surface area contributed by atoms with Gasteiger partial charge in [-0.15, -0.1) is 0 Å². The molecule has 0 fully saturated rings. The van der Waals surface area contributed by atoms with Gasteiger partial charge >= 0.3 is 5.97 Å². The number of aliphatic carboxylic acids is 1. The number of rotatable bonds is 5. The summed E-state index contributed by atoms with van der Waals surface area (Å²) in [6.45, 7) is 6.22. The zero-order valence-electron chi connectivity index (χ0n) is 12.3. The summed E-state index contributed by atoms with van der Waals surface area (Å²) in [5.41, 5.74) is 1.66. The second-order valence-electron chi connectivity index (χ2n) is 5.60. The van der Waals surface area contributed by atoms with Crippen LogP contribution in [0.2, 0.25) is 0 Å². The average molecular weight is 279 g/mol. The Kier molecular flexibility index (Phi) is 5.27. The lowest BCUT2D eigenvalue weighted by Gasteiger charge is -2.19. The first kappa shape index (κ1) is 16.2. The van der Waals surface area contributed by atoms with Crippen molar-refractivity contribution in [3.63, 3.8) is 0 Å². The molecule has 1 rings (SSSR count). The number of carbonyl (C=O) groups is 2. The predicted octanol–water partition coefficient (Wildman–Crippen LogP) is 1.81. The van der Waals surface area contributed by atoms with E-state index in [0.717, 1.165) is 5.56 Å². The molecule has 0 heterocycles. The molecule has 1 unspecified atom stereocenters. The van der Waals surface area contributed by atoms with Crippen LogP contribution in [0.15, 0.2) is 24.3 Å². The standard InChI is InChI=1S/C15H21NO4/c1-15(2,3)11-7-5-10(6-8-11)13(17)16-9-12(20-4)14(18)19/h5-8,12H,9H2,1-4H3,(H,16,17)(H,18,19). The zero-order chi connectivity index (χ0) is 15.3. The molecule has 0 aliphatic carbocycles. The predicted molar refractivity (Wildman–Crippen MR) is 75.9 cm³/mol. The molecule has 0 aliphatic rings. The zero-order valence-corrected chi connectivity index (χ0v) is 12.3. The fourth-order valence-corrected chi connectivity index (χ4v) is 1.68. The average Bonchev–Trinajstić information content (AvgIpc) is 2.38. The highest BCUT2D eigenvalue weighted by Gasteiger charge is 2.18. The first-order chi connectivity index (χ1) is 9.25. The van der Waals surface area contributed by atoms with Crippen LogP contribution in [0.5, 0.6) is 0 Å². The maximum atomic E-state index is 11.9. The minimum atomic E-state index is -1.10. The van der Waals surface area contributed by atoms with Gasteiger partial charge in [0.05, 0.1) is 6.54 Å². The van der Waals surface area contributed by atoms with Crippen molar-refractivity contribution >= 4 is 11.9 Å². The minimum Gasteiger partial charge on any atom is -0.479 e. The smallest absolute Gasteiger partial charge is 0.334 e. The van der Waals surface area contributed by atoms with Gasteiger partial charge < -0.3 is 15.2 Å². The Morgan fingerprint density at radius 2 is 1.80 bits per heavy atom. The van der Waals surface area contributed by atoms with Crippen LogP contribution in [-0.2, 0) is 14.9 Å². The molecule has 20 heavy (non-hydrogen) atoms. The quantitative estimate of drug-likeness (QED) is 0.862. The summed E-state index contributed by atoms with van der Waals surface area (Å²) in [6.07, 6.45) is -1.03. The van der Waals surface area contributed by atoms with E-state index in [-0.39, 0.29) is 17.9 Å². The molecule has 110 valence electrons. The van der Waals surface area contributed by atoms with E-state index in [2.05, 4.69) is 26.1 Å². The topological polar surface area (TPSA) is 75.6 Å². The molecule has 0 bridgehead atoms. The van der Waals surface area contributed by atoms with Gasteiger partial charge in [-0.25, -0.2) is 4.79 Å². The number of carboxylic acids is 1. The molecule has 0 spiro atoms. The van der Waals surface area contributed by atoms with Crippen molar-refractivity contribution in [1.82, 2.24) is 5.32 Å². The lowest BCUT2D eigenvalue weighted by molar-refractivity contribution is -0.148. The molecule has 5 nitrogen and oxygen atoms in total. The Morgan fingerprint density at radius 3 is 2.20 bits per heavy atom. The summed E-state index contributed by atoms with van der Waals surface area (Å²) in [5, 5.41) is 11.4. The molecule has 5 heteroatoms. The van der Waals surface area contributed by atoms with E-state index in [9.17, 15) is 9.59 Å². The lowest BCUT2D eigenvalue weighted by Crippen LogP contribution is -2.37. The van der Waals surface area contributed by atoms with Crippen LogP contribution < -0.4 is 5.32 Å². The van der Waals surface area contributed by atoms with Crippen LogP contribution in [0.4, 0.5) is 0 Å². The van der Waals surface area contributed by atoms with Gasteiger partial charge in [-0.05, 0) is 23.1 Å². The molecule has 0 saturated carbocycles. The fraction of sp³-hybridized carbons (Fsp3) is 0.467. The van der Waals surface area contributed by atoms with Gasteiger partial charge in [-0.1, -0.05) is 32.9 Å². The molecule has 2 N–H and O–H groups in total. The van der Waals surface area contributed by atoms with Crippen LogP contribution in [0.3, 0.4) is 0 Å². The summed E-state index contributed by atoms with van der Waals surface area (Å²) in [7, 11) is 1.29. The van der Waals surface area contributed by atoms with Crippen molar-refractivity contribution in [1.29, 1.82) is 0 Å². The van der Waals surface area contributed by atoms with Crippen LogP contribution in [-0.4, -0.2) is 36.7 Å². The number of hydrogen-bond acceptors (Lipinski definition) is 3. The normalized spacial score (nSPS) is 12.8. The molecule has 0 saturated heterocycles. The third-order valence-electron chi connectivity index (χ3n) is 3.02. The molecule has 1 amide bonds. The van der Waals surface area contributed by atoms with Gasteiger partial charge in [0.2, 0.25) is 0 Å². The number of hydrogen-bond donors (Lipinski definition) is 2. The molecule has 0 aromatic heterocycles. The lowest BCUT2D eigenvalue weighted by atomic mass is 9.87. The highest BCUT2D eigenvalue weighted by atomic mass is 16.5.